The quantitative estimate of drug-likeness (QED) is 0.806. The number of fused-ring (bicyclic) bond motifs is 1. The summed E-state index contributed by atoms with van der Waals surface area (Å²) in [5.74, 6) is 4.35. The Labute approximate surface area is 113 Å². The maximum absolute atomic E-state index is 5.82. The van der Waals surface area contributed by atoms with Crippen molar-refractivity contribution in [3.8, 4) is 18.1 Å². The minimum Gasteiger partial charge on any atom is -0.493 e. The fourth-order valence-electron chi connectivity index (χ4n) is 2.09. The molecule has 2 rings (SSSR count). The van der Waals surface area contributed by atoms with Crippen molar-refractivity contribution < 1.29 is 9.15 Å². The smallest absolute Gasteiger partial charge is 0.176 e. The van der Waals surface area contributed by atoms with Crippen LogP contribution in [0.25, 0.3) is 11.0 Å². The molecule has 0 aliphatic heterocycles. The maximum Gasteiger partial charge on any atom is 0.176 e. The summed E-state index contributed by atoms with van der Waals surface area (Å²) < 4.78 is 11.1. The number of nitrogens with one attached hydrogen (secondary N) is 1. The van der Waals surface area contributed by atoms with Crippen molar-refractivity contribution >= 4 is 11.0 Å². The summed E-state index contributed by atoms with van der Waals surface area (Å²) in [5.41, 5.74) is 0.798. The van der Waals surface area contributed by atoms with Crippen LogP contribution in [0.15, 0.2) is 28.7 Å². The Morgan fingerprint density at radius 3 is 3.00 bits per heavy atom. The molecule has 1 heterocycles. The van der Waals surface area contributed by atoms with Crippen molar-refractivity contribution in [2.75, 3.05) is 7.11 Å². The topological polar surface area (TPSA) is 34.4 Å². The molecule has 0 fully saturated rings. The summed E-state index contributed by atoms with van der Waals surface area (Å²) >= 11 is 0. The molecule has 1 aromatic carbocycles. The van der Waals surface area contributed by atoms with Gasteiger partial charge in [-0.2, -0.15) is 0 Å². The van der Waals surface area contributed by atoms with E-state index in [9.17, 15) is 0 Å². The van der Waals surface area contributed by atoms with Gasteiger partial charge in [0.25, 0.3) is 0 Å². The van der Waals surface area contributed by atoms with E-state index in [1.54, 1.807) is 7.11 Å². The molecule has 1 N–H and O–H groups in total. The molecule has 0 spiro atoms. The van der Waals surface area contributed by atoms with Crippen molar-refractivity contribution in [3.63, 3.8) is 0 Å². The summed E-state index contributed by atoms with van der Waals surface area (Å²) in [6.45, 7) is 2.80. The zero-order valence-electron chi connectivity index (χ0n) is 11.4. The monoisotopic (exact) mass is 257 g/mol. The Kier molecular flexibility index (Phi) is 4.48. The predicted octanol–water partition coefficient (Wildman–Crippen LogP) is 3.33. The van der Waals surface area contributed by atoms with Gasteiger partial charge in [0.2, 0.25) is 0 Å². The van der Waals surface area contributed by atoms with Crippen LogP contribution in [0.5, 0.6) is 5.75 Å². The molecule has 0 radical (unpaired) electrons. The van der Waals surface area contributed by atoms with Crippen LogP contribution in [-0.4, -0.2) is 13.2 Å². The first-order chi connectivity index (χ1) is 9.28. The number of rotatable bonds is 6. The largest absolute Gasteiger partial charge is 0.493 e. The van der Waals surface area contributed by atoms with Gasteiger partial charge >= 0.3 is 0 Å². The van der Waals surface area contributed by atoms with E-state index in [4.69, 9.17) is 15.6 Å². The predicted molar refractivity (Wildman–Crippen MR) is 77.1 cm³/mol. The summed E-state index contributed by atoms with van der Waals surface area (Å²) in [6, 6.07) is 8.24. The Morgan fingerprint density at radius 1 is 1.47 bits per heavy atom. The average Bonchev–Trinajstić information content (AvgIpc) is 2.86. The van der Waals surface area contributed by atoms with Gasteiger partial charge in [0.05, 0.1) is 13.7 Å². The first kappa shape index (κ1) is 13.5. The Bertz CT molecular complexity index is 580. The first-order valence-corrected chi connectivity index (χ1v) is 6.50. The van der Waals surface area contributed by atoms with Crippen LogP contribution in [0.4, 0.5) is 0 Å². The fourth-order valence-corrected chi connectivity index (χ4v) is 2.09. The first-order valence-electron chi connectivity index (χ1n) is 6.50. The normalized spacial score (nSPS) is 12.3. The highest BCUT2D eigenvalue weighted by Gasteiger charge is 2.10. The van der Waals surface area contributed by atoms with Crippen molar-refractivity contribution in [1.82, 2.24) is 5.32 Å². The lowest BCUT2D eigenvalue weighted by atomic mass is 10.1. The number of furan rings is 1. The average molecular weight is 257 g/mol. The standard InChI is InChI=1S/C16H19NO2/c1-4-7-13(5-2)17-11-14-10-12-8-6-9-15(18-3)16(12)19-14/h1,6,8-10,13,17H,5,7,11H2,2-3H3. The second-order valence-electron chi connectivity index (χ2n) is 4.49. The number of terminal acetylenes is 1. The molecular formula is C16H19NO2. The highest BCUT2D eigenvalue weighted by atomic mass is 16.5. The van der Waals surface area contributed by atoms with E-state index in [0.717, 1.165) is 35.3 Å². The molecule has 1 aromatic heterocycles. The highest BCUT2D eigenvalue weighted by Crippen LogP contribution is 2.28. The Morgan fingerprint density at radius 2 is 2.32 bits per heavy atom. The van der Waals surface area contributed by atoms with Gasteiger partial charge in [0.15, 0.2) is 11.3 Å². The number of benzene rings is 1. The minimum atomic E-state index is 0.333. The molecule has 3 nitrogen and oxygen atoms in total. The molecular weight excluding hydrogens is 238 g/mol. The third kappa shape index (κ3) is 3.10. The van der Waals surface area contributed by atoms with Gasteiger partial charge in [-0.25, -0.2) is 0 Å². The molecule has 1 atom stereocenters. The second kappa shape index (κ2) is 6.31. The van der Waals surface area contributed by atoms with Crippen LogP contribution in [0, 0.1) is 12.3 Å². The number of hydrogen-bond acceptors (Lipinski definition) is 3. The van der Waals surface area contributed by atoms with Gasteiger partial charge in [-0.15, -0.1) is 12.3 Å². The highest BCUT2D eigenvalue weighted by molar-refractivity contribution is 5.83. The SMILES string of the molecule is C#CCC(CC)NCc1cc2cccc(OC)c2o1. The lowest BCUT2D eigenvalue weighted by Crippen LogP contribution is -2.27. The van der Waals surface area contributed by atoms with Gasteiger partial charge < -0.3 is 14.5 Å². The van der Waals surface area contributed by atoms with E-state index in [2.05, 4.69) is 18.2 Å². The van der Waals surface area contributed by atoms with Crippen LogP contribution < -0.4 is 10.1 Å². The van der Waals surface area contributed by atoms with Gasteiger partial charge in [-0.3, -0.25) is 0 Å². The molecule has 100 valence electrons. The lowest BCUT2D eigenvalue weighted by molar-refractivity contribution is 0.403. The van der Waals surface area contributed by atoms with Crippen molar-refractivity contribution in [3.05, 3.63) is 30.0 Å². The molecule has 0 saturated carbocycles. The molecule has 1 unspecified atom stereocenters. The molecule has 19 heavy (non-hydrogen) atoms. The molecule has 0 saturated heterocycles. The second-order valence-corrected chi connectivity index (χ2v) is 4.49. The van der Waals surface area contributed by atoms with E-state index < -0.39 is 0 Å². The molecule has 0 amide bonds. The third-order valence-electron chi connectivity index (χ3n) is 3.20. The van der Waals surface area contributed by atoms with E-state index in [0.29, 0.717) is 12.6 Å². The Hall–Kier alpha value is -1.92. The molecule has 2 aromatic rings. The zero-order valence-corrected chi connectivity index (χ0v) is 11.4. The van der Waals surface area contributed by atoms with Crippen LogP contribution in [0.2, 0.25) is 0 Å². The molecule has 0 aliphatic carbocycles. The number of methoxy groups -OCH3 is 1. The van der Waals surface area contributed by atoms with Gasteiger partial charge in [0, 0.05) is 17.8 Å². The van der Waals surface area contributed by atoms with Crippen LogP contribution in [0.3, 0.4) is 0 Å². The molecule has 3 heteroatoms. The number of hydrogen-bond donors (Lipinski definition) is 1. The van der Waals surface area contributed by atoms with Crippen LogP contribution in [-0.2, 0) is 6.54 Å². The van der Waals surface area contributed by atoms with Crippen LogP contribution >= 0.6 is 0 Å². The minimum absolute atomic E-state index is 0.333. The van der Waals surface area contributed by atoms with Gasteiger partial charge in [-0.05, 0) is 18.6 Å². The van der Waals surface area contributed by atoms with Crippen molar-refractivity contribution in [2.45, 2.75) is 32.4 Å². The van der Waals surface area contributed by atoms with Crippen LogP contribution in [0.1, 0.15) is 25.5 Å². The fraction of sp³-hybridized carbons (Fsp3) is 0.375. The van der Waals surface area contributed by atoms with E-state index in [1.807, 2.05) is 24.3 Å². The summed E-state index contributed by atoms with van der Waals surface area (Å²) in [7, 11) is 1.65. The summed E-state index contributed by atoms with van der Waals surface area (Å²) in [4.78, 5) is 0. The summed E-state index contributed by atoms with van der Waals surface area (Å²) in [5, 5.41) is 4.46. The van der Waals surface area contributed by atoms with E-state index in [1.165, 1.54) is 0 Å². The van der Waals surface area contributed by atoms with Gasteiger partial charge in [-0.1, -0.05) is 19.1 Å². The lowest BCUT2D eigenvalue weighted by Gasteiger charge is -2.12. The van der Waals surface area contributed by atoms with Crippen molar-refractivity contribution in [1.29, 1.82) is 0 Å². The van der Waals surface area contributed by atoms with E-state index >= 15 is 0 Å². The summed E-state index contributed by atoms with van der Waals surface area (Å²) in [6.07, 6.45) is 7.09. The van der Waals surface area contributed by atoms with Crippen molar-refractivity contribution in [2.24, 2.45) is 0 Å². The number of para-hydroxylation sites is 1. The van der Waals surface area contributed by atoms with E-state index in [-0.39, 0.29) is 0 Å². The van der Waals surface area contributed by atoms with Gasteiger partial charge in [0.1, 0.15) is 5.76 Å². The zero-order chi connectivity index (χ0) is 13.7. The molecule has 0 bridgehead atoms. The molecule has 0 aliphatic rings. The number of ether oxygens (including phenoxy) is 1. The Balaban J connectivity index is 2.12. The maximum atomic E-state index is 5.82. The third-order valence-corrected chi connectivity index (χ3v) is 3.20.